The summed E-state index contributed by atoms with van der Waals surface area (Å²) in [4.78, 5) is 37.7. The number of carbonyl (C=O) groups is 3. The van der Waals surface area contributed by atoms with E-state index in [-0.39, 0.29) is 11.3 Å². The molecule has 1 aliphatic heterocycles. The highest BCUT2D eigenvalue weighted by molar-refractivity contribution is 6.31. The summed E-state index contributed by atoms with van der Waals surface area (Å²) in [6, 6.07) is 20.7. The van der Waals surface area contributed by atoms with Gasteiger partial charge in [-0.2, -0.15) is 0 Å². The molecule has 1 heterocycles. The number of ether oxygens (including phenoxy) is 2. The zero-order valence-electron chi connectivity index (χ0n) is 18.2. The van der Waals surface area contributed by atoms with E-state index in [2.05, 4.69) is 5.43 Å². The van der Waals surface area contributed by atoms with Crippen molar-refractivity contribution in [1.82, 2.24) is 5.43 Å². The van der Waals surface area contributed by atoms with Gasteiger partial charge in [0.2, 0.25) is 0 Å². The number of para-hydroxylation sites is 1. The third-order valence-electron chi connectivity index (χ3n) is 4.97. The Hall–Kier alpha value is -4.39. The number of hydrazine groups is 1. The van der Waals surface area contributed by atoms with Crippen molar-refractivity contribution >= 4 is 29.5 Å². The van der Waals surface area contributed by atoms with Crippen LogP contribution in [0.5, 0.6) is 11.5 Å². The molecule has 0 aliphatic carbocycles. The summed E-state index contributed by atoms with van der Waals surface area (Å²) < 4.78 is 11.2. The molecule has 3 aromatic rings. The molecule has 0 bridgehead atoms. The average molecular weight is 442 g/mol. The number of nitrogens with zero attached hydrogens (tertiary/aromatic N) is 1. The second kappa shape index (κ2) is 9.40. The summed E-state index contributed by atoms with van der Waals surface area (Å²) in [6.07, 6.45) is 1.48. The van der Waals surface area contributed by atoms with Crippen molar-refractivity contribution in [3.63, 3.8) is 0 Å². The van der Waals surface area contributed by atoms with Crippen LogP contribution >= 0.6 is 0 Å². The smallest absolute Gasteiger partial charge is 0.343 e. The topological polar surface area (TPSA) is 84.9 Å². The fourth-order valence-electron chi connectivity index (χ4n) is 3.30. The minimum absolute atomic E-state index is 0.00861. The maximum Gasteiger partial charge on any atom is 0.343 e. The maximum atomic E-state index is 12.8. The van der Waals surface area contributed by atoms with Gasteiger partial charge >= 0.3 is 5.97 Å². The first-order valence-corrected chi connectivity index (χ1v) is 10.4. The predicted octanol–water partition coefficient (Wildman–Crippen LogP) is 4.07. The summed E-state index contributed by atoms with van der Waals surface area (Å²) >= 11 is 0. The number of amides is 2. The van der Waals surface area contributed by atoms with Crippen LogP contribution in [0.4, 0.5) is 5.69 Å². The minimum atomic E-state index is -0.508. The van der Waals surface area contributed by atoms with Gasteiger partial charge in [0.05, 0.1) is 17.9 Å². The molecule has 0 aromatic heterocycles. The molecule has 0 saturated carbocycles. The van der Waals surface area contributed by atoms with Crippen LogP contribution in [0.15, 0.2) is 78.4 Å². The first-order valence-electron chi connectivity index (χ1n) is 10.4. The van der Waals surface area contributed by atoms with Crippen molar-refractivity contribution in [2.75, 3.05) is 11.6 Å². The van der Waals surface area contributed by atoms with Crippen LogP contribution in [0.2, 0.25) is 0 Å². The summed E-state index contributed by atoms with van der Waals surface area (Å²) in [6.45, 7) is 4.09. The minimum Gasteiger partial charge on any atom is -0.490 e. The number of esters is 1. The van der Waals surface area contributed by atoms with Crippen LogP contribution in [0, 0.1) is 6.92 Å². The SMILES string of the molecule is CCOc1cc(/C=C2/C(=O)NN(c3ccccc3)C2=O)ccc1OC(=O)c1ccc(C)cc1. The summed E-state index contributed by atoms with van der Waals surface area (Å²) in [5.41, 5.74) is 5.13. The molecule has 0 radical (unpaired) electrons. The number of hydrogen-bond acceptors (Lipinski definition) is 5. The van der Waals surface area contributed by atoms with Crippen molar-refractivity contribution in [1.29, 1.82) is 0 Å². The van der Waals surface area contributed by atoms with Crippen LogP contribution in [-0.2, 0) is 9.59 Å². The molecule has 7 heteroatoms. The molecule has 7 nitrogen and oxygen atoms in total. The lowest BCUT2D eigenvalue weighted by atomic mass is 10.1. The van der Waals surface area contributed by atoms with E-state index in [0.717, 1.165) is 5.56 Å². The van der Waals surface area contributed by atoms with Crippen LogP contribution in [0.1, 0.15) is 28.4 Å². The highest BCUT2D eigenvalue weighted by atomic mass is 16.6. The standard InChI is InChI=1S/C26H22N2O5/c1-3-32-23-16-18(11-14-22(23)33-26(31)19-12-9-17(2)10-13-19)15-21-24(29)27-28(25(21)30)20-7-5-4-6-8-20/h4-16H,3H2,1-2H3,(H,27,29)/b21-15-. The molecular weight excluding hydrogens is 420 g/mol. The molecule has 4 rings (SSSR count). The molecule has 0 spiro atoms. The number of hydrogen-bond donors (Lipinski definition) is 1. The van der Waals surface area contributed by atoms with Crippen LogP contribution < -0.4 is 19.9 Å². The third kappa shape index (κ3) is 4.77. The Labute approximate surface area is 191 Å². The van der Waals surface area contributed by atoms with E-state index in [4.69, 9.17) is 9.47 Å². The van der Waals surface area contributed by atoms with E-state index < -0.39 is 17.8 Å². The Bertz CT molecular complexity index is 1230. The molecule has 1 N–H and O–H groups in total. The van der Waals surface area contributed by atoms with Crippen LogP contribution in [0.25, 0.3) is 6.08 Å². The number of nitrogens with one attached hydrogen (secondary N) is 1. The van der Waals surface area contributed by atoms with Gasteiger partial charge in [0.1, 0.15) is 5.57 Å². The highest BCUT2D eigenvalue weighted by Crippen LogP contribution is 2.31. The Kier molecular flexibility index (Phi) is 6.22. The van der Waals surface area contributed by atoms with Crippen molar-refractivity contribution in [3.8, 4) is 11.5 Å². The number of anilines is 1. The molecule has 33 heavy (non-hydrogen) atoms. The molecule has 0 unspecified atom stereocenters. The summed E-state index contributed by atoms with van der Waals surface area (Å²) in [7, 11) is 0. The van der Waals surface area contributed by atoms with E-state index in [9.17, 15) is 14.4 Å². The van der Waals surface area contributed by atoms with Crippen molar-refractivity contribution in [3.05, 3.63) is 95.1 Å². The zero-order valence-corrected chi connectivity index (χ0v) is 18.2. The Morgan fingerprint density at radius 2 is 1.70 bits per heavy atom. The van der Waals surface area contributed by atoms with E-state index in [0.29, 0.717) is 29.2 Å². The fraction of sp³-hybridized carbons (Fsp3) is 0.115. The molecular formula is C26H22N2O5. The van der Waals surface area contributed by atoms with E-state index in [1.54, 1.807) is 54.6 Å². The highest BCUT2D eigenvalue weighted by Gasteiger charge is 2.34. The van der Waals surface area contributed by atoms with E-state index >= 15 is 0 Å². The van der Waals surface area contributed by atoms with Gasteiger partial charge in [0.25, 0.3) is 11.8 Å². The van der Waals surface area contributed by atoms with Crippen LogP contribution in [-0.4, -0.2) is 24.4 Å². The number of rotatable bonds is 6. The molecule has 2 amide bonds. The Morgan fingerprint density at radius 3 is 2.39 bits per heavy atom. The molecule has 1 aliphatic rings. The molecule has 166 valence electrons. The fourth-order valence-corrected chi connectivity index (χ4v) is 3.30. The largest absolute Gasteiger partial charge is 0.490 e. The maximum absolute atomic E-state index is 12.8. The second-order valence-electron chi connectivity index (χ2n) is 7.37. The van der Waals surface area contributed by atoms with Gasteiger partial charge < -0.3 is 9.47 Å². The normalized spacial score (nSPS) is 14.4. The molecule has 3 aromatic carbocycles. The average Bonchev–Trinajstić information content (AvgIpc) is 3.10. The van der Waals surface area contributed by atoms with Crippen molar-refractivity contribution in [2.45, 2.75) is 13.8 Å². The quantitative estimate of drug-likeness (QED) is 0.269. The number of carbonyl (C=O) groups excluding carboxylic acids is 3. The zero-order chi connectivity index (χ0) is 23.4. The third-order valence-corrected chi connectivity index (χ3v) is 4.97. The van der Waals surface area contributed by atoms with Gasteiger partial charge in [-0.1, -0.05) is 42.0 Å². The van der Waals surface area contributed by atoms with E-state index in [1.165, 1.54) is 11.1 Å². The lowest BCUT2D eigenvalue weighted by Crippen LogP contribution is -2.35. The van der Waals surface area contributed by atoms with Gasteiger partial charge in [0.15, 0.2) is 11.5 Å². The van der Waals surface area contributed by atoms with E-state index in [1.807, 2.05) is 32.0 Å². The lowest BCUT2D eigenvalue weighted by molar-refractivity contribution is -0.117. The monoisotopic (exact) mass is 442 g/mol. The summed E-state index contributed by atoms with van der Waals surface area (Å²) in [5.74, 6) is -0.891. The van der Waals surface area contributed by atoms with Crippen molar-refractivity contribution in [2.24, 2.45) is 0 Å². The van der Waals surface area contributed by atoms with Crippen molar-refractivity contribution < 1.29 is 23.9 Å². The summed E-state index contributed by atoms with van der Waals surface area (Å²) in [5, 5.41) is 1.20. The molecule has 1 saturated heterocycles. The van der Waals surface area contributed by atoms with Gasteiger partial charge in [-0.25, -0.2) is 9.80 Å². The lowest BCUT2D eigenvalue weighted by Gasteiger charge is -2.14. The number of benzene rings is 3. The van der Waals surface area contributed by atoms with Gasteiger partial charge in [-0.3, -0.25) is 15.0 Å². The van der Waals surface area contributed by atoms with Gasteiger partial charge in [-0.15, -0.1) is 0 Å². The number of aryl methyl sites for hydroxylation is 1. The Balaban J connectivity index is 1.59. The Morgan fingerprint density at radius 1 is 0.970 bits per heavy atom. The van der Waals surface area contributed by atoms with Gasteiger partial charge in [-0.05, 0) is 61.9 Å². The molecule has 0 atom stereocenters. The van der Waals surface area contributed by atoms with Gasteiger partial charge in [0, 0.05) is 0 Å². The first-order chi connectivity index (χ1) is 16.0. The molecule has 1 fully saturated rings. The predicted molar refractivity (Wildman–Crippen MR) is 124 cm³/mol. The first kappa shape index (κ1) is 21.8. The second-order valence-corrected chi connectivity index (χ2v) is 7.37. The van der Waals surface area contributed by atoms with Crippen LogP contribution in [0.3, 0.4) is 0 Å².